The van der Waals surface area contributed by atoms with E-state index in [1.54, 1.807) is 36.4 Å². The molecule has 5 nitrogen and oxygen atoms in total. The van der Waals surface area contributed by atoms with E-state index in [1.807, 2.05) is 0 Å². The number of ether oxygens (including phenoxy) is 1. The van der Waals surface area contributed by atoms with Gasteiger partial charge in [-0.2, -0.15) is 0 Å². The Bertz CT molecular complexity index is 655. The lowest BCUT2D eigenvalue weighted by molar-refractivity contribution is -0.119. The number of nitrogens with one attached hydrogen (secondary N) is 1. The molecule has 2 aromatic carbocycles. The van der Waals surface area contributed by atoms with Crippen LogP contribution in [-0.2, 0) is 9.53 Å². The van der Waals surface area contributed by atoms with E-state index in [9.17, 15) is 14.7 Å². The third kappa shape index (κ3) is 4.22. The number of rotatable bonds is 4. The van der Waals surface area contributed by atoms with E-state index in [1.165, 1.54) is 12.1 Å². The van der Waals surface area contributed by atoms with Gasteiger partial charge in [-0.3, -0.25) is 4.79 Å². The number of phenolic OH excluding ortho intramolecular Hbond substituents is 1. The van der Waals surface area contributed by atoms with Crippen LogP contribution < -0.4 is 5.32 Å². The number of carbonyl (C=O) groups is 2. The largest absolute Gasteiger partial charge is 0.507 e. The average Bonchev–Trinajstić information content (AvgIpc) is 2.48. The van der Waals surface area contributed by atoms with Crippen LogP contribution in [0.25, 0.3) is 0 Å². The van der Waals surface area contributed by atoms with Gasteiger partial charge in [0, 0.05) is 10.7 Å². The van der Waals surface area contributed by atoms with Crippen LogP contribution in [0.5, 0.6) is 5.75 Å². The molecule has 0 atom stereocenters. The number of amides is 1. The third-order valence-electron chi connectivity index (χ3n) is 2.59. The molecule has 0 fully saturated rings. The second kappa shape index (κ2) is 6.76. The summed E-state index contributed by atoms with van der Waals surface area (Å²) in [4.78, 5) is 23.3. The minimum absolute atomic E-state index is 0.0109. The van der Waals surface area contributed by atoms with Gasteiger partial charge in [0.2, 0.25) is 0 Å². The fourth-order valence-corrected chi connectivity index (χ4v) is 1.71. The Kier molecular flexibility index (Phi) is 4.79. The molecular formula is C15H12ClNO4. The van der Waals surface area contributed by atoms with Crippen molar-refractivity contribution < 1.29 is 19.4 Å². The summed E-state index contributed by atoms with van der Waals surface area (Å²) in [6, 6.07) is 12.5. The van der Waals surface area contributed by atoms with Crippen molar-refractivity contribution >= 4 is 29.2 Å². The molecule has 0 aliphatic rings. The Morgan fingerprint density at radius 1 is 1.10 bits per heavy atom. The Hall–Kier alpha value is -2.53. The molecule has 2 aromatic rings. The van der Waals surface area contributed by atoms with E-state index in [0.717, 1.165) is 0 Å². The quantitative estimate of drug-likeness (QED) is 0.852. The summed E-state index contributed by atoms with van der Waals surface area (Å²) in [5.74, 6) is -1.44. The molecule has 0 aliphatic heterocycles. The zero-order chi connectivity index (χ0) is 15.2. The lowest BCUT2D eigenvalue weighted by atomic mass is 10.2. The summed E-state index contributed by atoms with van der Waals surface area (Å²) in [7, 11) is 0. The van der Waals surface area contributed by atoms with Gasteiger partial charge in [-0.05, 0) is 36.4 Å². The molecule has 0 saturated heterocycles. The first kappa shape index (κ1) is 14.9. The lowest BCUT2D eigenvalue weighted by Gasteiger charge is -2.07. The number of hydrogen-bond donors (Lipinski definition) is 2. The number of benzene rings is 2. The molecule has 0 aromatic heterocycles. The minimum Gasteiger partial charge on any atom is -0.507 e. The molecule has 0 heterocycles. The summed E-state index contributed by atoms with van der Waals surface area (Å²) >= 11 is 5.73. The molecule has 0 saturated carbocycles. The van der Waals surface area contributed by atoms with Crippen LogP contribution in [0.4, 0.5) is 5.69 Å². The third-order valence-corrected chi connectivity index (χ3v) is 2.84. The van der Waals surface area contributed by atoms with E-state index < -0.39 is 18.5 Å². The average molecular weight is 306 g/mol. The van der Waals surface area contributed by atoms with Gasteiger partial charge >= 0.3 is 5.97 Å². The summed E-state index contributed by atoms with van der Waals surface area (Å²) in [6.45, 7) is -0.449. The predicted molar refractivity (Wildman–Crippen MR) is 78.5 cm³/mol. The Morgan fingerprint density at radius 3 is 2.43 bits per heavy atom. The molecule has 108 valence electrons. The summed E-state index contributed by atoms with van der Waals surface area (Å²) in [6.07, 6.45) is 0. The number of anilines is 1. The first-order chi connectivity index (χ1) is 10.1. The normalized spacial score (nSPS) is 9.95. The van der Waals surface area contributed by atoms with Crippen molar-refractivity contribution in [1.82, 2.24) is 0 Å². The van der Waals surface area contributed by atoms with Gasteiger partial charge in [0.15, 0.2) is 6.61 Å². The Balaban J connectivity index is 1.88. The first-order valence-corrected chi connectivity index (χ1v) is 6.44. The molecule has 21 heavy (non-hydrogen) atoms. The highest BCUT2D eigenvalue weighted by molar-refractivity contribution is 6.30. The Labute approximate surface area is 126 Å². The molecule has 1 amide bonds. The molecular weight excluding hydrogens is 294 g/mol. The number of para-hydroxylation sites is 1. The van der Waals surface area contributed by atoms with Gasteiger partial charge in [-0.25, -0.2) is 4.79 Å². The number of aromatic hydroxyl groups is 1. The van der Waals surface area contributed by atoms with Crippen LogP contribution in [0.3, 0.4) is 0 Å². The van der Waals surface area contributed by atoms with Gasteiger partial charge in [0.05, 0.1) is 0 Å². The maximum absolute atomic E-state index is 11.7. The van der Waals surface area contributed by atoms with E-state index in [-0.39, 0.29) is 11.3 Å². The van der Waals surface area contributed by atoms with E-state index >= 15 is 0 Å². The molecule has 0 unspecified atom stereocenters. The highest BCUT2D eigenvalue weighted by Crippen LogP contribution is 2.16. The molecule has 0 bridgehead atoms. The number of phenols is 1. The summed E-state index contributed by atoms with van der Waals surface area (Å²) in [5.41, 5.74) is 0.555. The monoisotopic (exact) mass is 305 g/mol. The van der Waals surface area contributed by atoms with Crippen molar-refractivity contribution in [2.24, 2.45) is 0 Å². The molecule has 0 aliphatic carbocycles. The van der Waals surface area contributed by atoms with Crippen molar-refractivity contribution in [2.45, 2.75) is 0 Å². The van der Waals surface area contributed by atoms with Crippen LogP contribution in [0.1, 0.15) is 10.4 Å². The van der Waals surface area contributed by atoms with Crippen LogP contribution in [0, 0.1) is 0 Å². The summed E-state index contributed by atoms with van der Waals surface area (Å²) < 4.78 is 4.83. The van der Waals surface area contributed by atoms with E-state index in [2.05, 4.69) is 5.32 Å². The van der Waals surface area contributed by atoms with Crippen LogP contribution in [0.2, 0.25) is 5.02 Å². The molecule has 6 heteroatoms. The number of halogens is 1. The topological polar surface area (TPSA) is 75.6 Å². The zero-order valence-electron chi connectivity index (χ0n) is 10.9. The maximum atomic E-state index is 11.7. The summed E-state index contributed by atoms with van der Waals surface area (Å²) in [5, 5.41) is 12.6. The highest BCUT2D eigenvalue weighted by atomic mass is 35.5. The van der Waals surface area contributed by atoms with Gasteiger partial charge in [-0.15, -0.1) is 0 Å². The smallest absolute Gasteiger partial charge is 0.342 e. The van der Waals surface area contributed by atoms with Crippen molar-refractivity contribution in [3.05, 3.63) is 59.1 Å². The van der Waals surface area contributed by atoms with E-state index in [4.69, 9.17) is 16.3 Å². The van der Waals surface area contributed by atoms with Gasteiger partial charge in [0.25, 0.3) is 5.91 Å². The van der Waals surface area contributed by atoms with Crippen LogP contribution in [0.15, 0.2) is 48.5 Å². The predicted octanol–water partition coefficient (Wildman–Crippen LogP) is 2.84. The SMILES string of the molecule is O=C(COC(=O)c1ccccc1O)Nc1ccc(Cl)cc1. The first-order valence-electron chi connectivity index (χ1n) is 6.07. The molecule has 2 rings (SSSR count). The van der Waals surface area contributed by atoms with Crippen molar-refractivity contribution in [3.63, 3.8) is 0 Å². The maximum Gasteiger partial charge on any atom is 0.342 e. The van der Waals surface area contributed by atoms with Crippen LogP contribution >= 0.6 is 11.6 Å². The van der Waals surface area contributed by atoms with Crippen molar-refractivity contribution in [2.75, 3.05) is 11.9 Å². The zero-order valence-corrected chi connectivity index (χ0v) is 11.6. The molecule has 0 spiro atoms. The number of carbonyl (C=O) groups excluding carboxylic acids is 2. The van der Waals surface area contributed by atoms with Crippen molar-refractivity contribution in [3.8, 4) is 5.75 Å². The van der Waals surface area contributed by atoms with E-state index in [0.29, 0.717) is 10.7 Å². The fraction of sp³-hybridized carbons (Fsp3) is 0.0667. The number of hydrogen-bond acceptors (Lipinski definition) is 4. The minimum atomic E-state index is -0.764. The molecule has 2 N–H and O–H groups in total. The lowest BCUT2D eigenvalue weighted by Crippen LogP contribution is -2.20. The second-order valence-corrected chi connectivity index (χ2v) is 4.58. The van der Waals surface area contributed by atoms with Crippen LogP contribution in [-0.4, -0.2) is 23.6 Å². The second-order valence-electron chi connectivity index (χ2n) is 4.15. The molecule has 0 radical (unpaired) electrons. The van der Waals surface area contributed by atoms with Crippen molar-refractivity contribution in [1.29, 1.82) is 0 Å². The Morgan fingerprint density at radius 2 is 1.76 bits per heavy atom. The van der Waals surface area contributed by atoms with Gasteiger partial charge in [-0.1, -0.05) is 23.7 Å². The number of esters is 1. The van der Waals surface area contributed by atoms with Gasteiger partial charge in [0.1, 0.15) is 11.3 Å². The fourth-order valence-electron chi connectivity index (χ4n) is 1.59. The highest BCUT2D eigenvalue weighted by Gasteiger charge is 2.13. The van der Waals surface area contributed by atoms with Gasteiger partial charge < -0.3 is 15.2 Å². The standard InChI is InChI=1S/C15H12ClNO4/c16-10-5-7-11(8-6-10)17-14(19)9-21-15(20)12-3-1-2-4-13(12)18/h1-8,18H,9H2,(H,17,19).